The largest absolute Gasteiger partial charge is 0.478 e. The lowest BCUT2D eigenvalue weighted by atomic mass is 10.0. The van der Waals surface area contributed by atoms with Gasteiger partial charge in [0.25, 0.3) is 5.91 Å². The van der Waals surface area contributed by atoms with Gasteiger partial charge in [0.1, 0.15) is 0 Å². The molecule has 3 rings (SSSR count). The van der Waals surface area contributed by atoms with Crippen LogP contribution in [0.3, 0.4) is 0 Å². The van der Waals surface area contributed by atoms with Crippen LogP contribution >= 0.6 is 0 Å². The van der Waals surface area contributed by atoms with Crippen LogP contribution in [0, 0.1) is 6.92 Å². The third kappa shape index (κ3) is 5.02. The number of carbonyl (C=O) groups is 3. The molecule has 0 spiro atoms. The Bertz CT molecular complexity index is 938. The summed E-state index contributed by atoms with van der Waals surface area (Å²) in [4.78, 5) is 38.2. The number of carbonyl (C=O) groups excluding carboxylic acids is 2. The minimum Gasteiger partial charge on any atom is -0.478 e. The highest BCUT2D eigenvalue weighted by atomic mass is 16.4. The molecule has 1 aliphatic heterocycles. The SMILES string of the molecule is Cc1cc(C(=O)N2CCCCC2C)ccc1NC(=O)Cc1cccc(C(=O)O)c1. The predicted octanol–water partition coefficient (Wildman–Crippen LogP) is 3.89. The summed E-state index contributed by atoms with van der Waals surface area (Å²) in [5.74, 6) is -1.23. The number of benzene rings is 2. The Hall–Kier alpha value is -3.15. The van der Waals surface area contributed by atoms with Crippen molar-refractivity contribution < 1.29 is 19.5 Å². The predicted molar refractivity (Wildman–Crippen MR) is 111 cm³/mol. The number of aryl methyl sites for hydroxylation is 1. The number of rotatable bonds is 5. The molecule has 1 unspecified atom stereocenters. The Kier molecular flexibility index (Phi) is 6.32. The highest BCUT2D eigenvalue weighted by Crippen LogP contribution is 2.22. The van der Waals surface area contributed by atoms with Crippen LogP contribution in [-0.4, -0.2) is 40.4 Å². The van der Waals surface area contributed by atoms with E-state index in [0.29, 0.717) is 16.8 Å². The number of nitrogens with zero attached hydrogens (tertiary/aromatic N) is 1. The molecule has 1 heterocycles. The Morgan fingerprint density at radius 1 is 1.10 bits per heavy atom. The molecule has 2 N–H and O–H groups in total. The molecule has 152 valence electrons. The van der Waals surface area contributed by atoms with Gasteiger partial charge in [0.05, 0.1) is 12.0 Å². The number of anilines is 1. The molecule has 0 radical (unpaired) electrons. The highest BCUT2D eigenvalue weighted by Gasteiger charge is 2.24. The molecule has 1 aliphatic rings. The molecule has 2 aromatic rings. The molecule has 29 heavy (non-hydrogen) atoms. The number of likely N-dealkylation sites (tertiary alicyclic amines) is 1. The standard InChI is InChI=1S/C23H26N2O4/c1-15-12-18(22(27)25-11-4-3-6-16(25)2)9-10-20(15)24-21(26)14-17-7-5-8-19(13-17)23(28)29/h5,7-10,12-13,16H,3-4,6,11,14H2,1-2H3,(H,24,26)(H,28,29). The summed E-state index contributed by atoms with van der Waals surface area (Å²) in [6.07, 6.45) is 3.30. The lowest BCUT2D eigenvalue weighted by molar-refractivity contribution is -0.115. The van der Waals surface area contributed by atoms with E-state index in [1.807, 2.05) is 17.9 Å². The van der Waals surface area contributed by atoms with E-state index in [0.717, 1.165) is 31.4 Å². The first-order valence-corrected chi connectivity index (χ1v) is 9.89. The van der Waals surface area contributed by atoms with Crippen molar-refractivity contribution in [1.82, 2.24) is 4.90 Å². The number of hydrogen-bond acceptors (Lipinski definition) is 3. The lowest BCUT2D eigenvalue weighted by Gasteiger charge is -2.33. The summed E-state index contributed by atoms with van der Waals surface area (Å²) in [6.45, 7) is 4.72. The Balaban J connectivity index is 1.67. The smallest absolute Gasteiger partial charge is 0.335 e. The van der Waals surface area contributed by atoms with Gasteiger partial charge >= 0.3 is 5.97 Å². The lowest BCUT2D eigenvalue weighted by Crippen LogP contribution is -2.42. The van der Waals surface area contributed by atoms with Crippen LogP contribution in [-0.2, 0) is 11.2 Å². The number of nitrogens with one attached hydrogen (secondary N) is 1. The van der Waals surface area contributed by atoms with Crippen LogP contribution in [0.15, 0.2) is 42.5 Å². The van der Waals surface area contributed by atoms with E-state index in [1.54, 1.807) is 24.3 Å². The van der Waals surface area contributed by atoms with Gasteiger partial charge in [0.15, 0.2) is 0 Å². The first kappa shape index (κ1) is 20.6. The minimum absolute atomic E-state index is 0.0312. The number of carboxylic acids is 1. The van der Waals surface area contributed by atoms with Gasteiger partial charge < -0.3 is 15.3 Å². The molecule has 0 saturated carbocycles. The average molecular weight is 394 g/mol. The van der Waals surface area contributed by atoms with Crippen molar-refractivity contribution >= 4 is 23.5 Å². The van der Waals surface area contributed by atoms with Gasteiger partial charge in [-0.15, -0.1) is 0 Å². The Morgan fingerprint density at radius 3 is 2.59 bits per heavy atom. The van der Waals surface area contributed by atoms with Crippen LogP contribution in [0.2, 0.25) is 0 Å². The summed E-state index contributed by atoms with van der Waals surface area (Å²) >= 11 is 0. The van der Waals surface area contributed by atoms with Gasteiger partial charge in [-0.05, 0) is 74.6 Å². The van der Waals surface area contributed by atoms with Crippen molar-refractivity contribution in [1.29, 1.82) is 0 Å². The first-order valence-electron chi connectivity index (χ1n) is 9.89. The molecule has 1 atom stereocenters. The molecule has 6 heteroatoms. The van der Waals surface area contributed by atoms with Crippen LogP contribution < -0.4 is 5.32 Å². The van der Waals surface area contributed by atoms with Crippen molar-refractivity contribution in [3.05, 3.63) is 64.7 Å². The molecule has 2 aromatic carbocycles. The first-order chi connectivity index (χ1) is 13.8. The van der Waals surface area contributed by atoms with Crippen LogP contribution in [0.25, 0.3) is 0 Å². The summed E-state index contributed by atoms with van der Waals surface area (Å²) in [6, 6.07) is 11.9. The maximum Gasteiger partial charge on any atom is 0.335 e. The van der Waals surface area contributed by atoms with Crippen LogP contribution in [0.5, 0.6) is 0 Å². The van der Waals surface area contributed by atoms with E-state index in [4.69, 9.17) is 5.11 Å². The van der Waals surface area contributed by atoms with Crippen molar-refractivity contribution in [2.75, 3.05) is 11.9 Å². The Labute approximate surface area is 170 Å². The number of carboxylic acid groups (broad SMARTS) is 1. The summed E-state index contributed by atoms with van der Waals surface area (Å²) in [5.41, 5.74) is 2.87. The van der Waals surface area contributed by atoms with Crippen molar-refractivity contribution in [2.24, 2.45) is 0 Å². The van der Waals surface area contributed by atoms with E-state index in [9.17, 15) is 14.4 Å². The molecular weight excluding hydrogens is 368 g/mol. The van der Waals surface area contributed by atoms with E-state index in [-0.39, 0.29) is 29.8 Å². The fourth-order valence-electron chi connectivity index (χ4n) is 3.70. The molecule has 1 fully saturated rings. The van der Waals surface area contributed by atoms with Crippen LogP contribution in [0.4, 0.5) is 5.69 Å². The average Bonchev–Trinajstić information content (AvgIpc) is 2.69. The maximum atomic E-state index is 12.8. The second-order valence-corrected chi connectivity index (χ2v) is 7.60. The van der Waals surface area contributed by atoms with Gasteiger partial charge in [-0.3, -0.25) is 9.59 Å². The zero-order chi connectivity index (χ0) is 21.0. The maximum absolute atomic E-state index is 12.8. The molecule has 0 aliphatic carbocycles. The summed E-state index contributed by atoms with van der Waals surface area (Å²) < 4.78 is 0. The van der Waals surface area contributed by atoms with Crippen LogP contribution in [0.1, 0.15) is 58.0 Å². The highest BCUT2D eigenvalue weighted by molar-refractivity contribution is 5.97. The fraction of sp³-hybridized carbons (Fsp3) is 0.348. The fourth-order valence-corrected chi connectivity index (χ4v) is 3.70. The van der Waals surface area contributed by atoms with E-state index >= 15 is 0 Å². The van der Waals surface area contributed by atoms with Crippen molar-refractivity contribution in [2.45, 2.75) is 45.6 Å². The van der Waals surface area contributed by atoms with Gasteiger partial charge in [0.2, 0.25) is 5.91 Å². The second-order valence-electron chi connectivity index (χ2n) is 7.60. The topological polar surface area (TPSA) is 86.7 Å². The third-order valence-corrected chi connectivity index (χ3v) is 5.35. The van der Waals surface area contributed by atoms with E-state index in [2.05, 4.69) is 12.2 Å². The molecule has 6 nitrogen and oxygen atoms in total. The van der Waals surface area contributed by atoms with Gasteiger partial charge in [-0.1, -0.05) is 12.1 Å². The third-order valence-electron chi connectivity index (χ3n) is 5.35. The van der Waals surface area contributed by atoms with Crippen molar-refractivity contribution in [3.8, 4) is 0 Å². The van der Waals surface area contributed by atoms with Gasteiger partial charge in [-0.2, -0.15) is 0 Å². The minimum atomic E-state index is -1.02. The molecule has 1 saturated heterocycles. The quantitative estimate of drug-likeness (QED) is 0.805. The van der Waals surface area contributed by atoms with Gasteiger partial charge in [0, 0.05) is 23.8 Å². The molecular formula is C23H26N2O4. The monoisotopic (exact) mass is 394 g/mol. The van der Waals surface area contributed by atoms with Crippen molar-refractivity contribution in [3.63, 3.8) is 0 Å². The number of hydrogen-bond donors (Lipinski definition) is 2. The summed E-state index contributed by atoms with van der Waals surface area (Å²) in [5, 5.41) is 11.9. The number of aromatic carboxylic acids is 1. The second kappa shape index (κ2) is 8.90. The normalized spacial score (nSPS) is 16.3. The number of amides is 2. The van der Waals surface area contributed by atoms with E-state index < -0.39 is 5.97 Å². The molecule has 2 amide bonds. The summed E-state index contributed by atoms with van der Waals surface area (Å²) in [7, 11) is 0. The zero-order valence-corrected chi connectivity index (χ0v) is 16.8. The Morgan fingerprint density at radius 2 is 1.90 bits per heavy atom. The zero-order valence-electron chi connectivity index (χ0n) is 16.8. The number of piperidine rings is 1. The van der Waals surface area contributed by atoms with E-state index in [1.165, 1.54) is 12.1 Å². The molecule has 0 bridgehead atoms. The van der Waals surface area contributed by atoms with Gasteiger partial charge in [-0.25, -0.2) is 4.79 Å². The molecule has 0 aromatic heterocycles.